The third-order valence-corrected chi connectivity index (χ3v) is 3.49. The molecule has 0 radical (unpaired) electrons. The van der Waals surface area contributed by atoms with Crippen molar-refractivity contribution < 1.29 is 27.6 Å². The number of alkyl halides is 3. The van der Waals surface area contributed by atoms with Crippen LogP contribution in [0.4, 0.5) is 24.5 Å². The van der Waals surface area contributed by atoms with Crippen molar-refractivity contribution in [3.05, 3.63) is 58.3 Å². The van der Waals surface area contributed by atoms with Crippen molar-refractivity contribution in [1.29, 1.82) is 0 Å². The first-order valence-electron chi connectivity index (χ1n) is 7.62. The summed E-state index contributed by atoms with van der Waals surface area (Å²) in [5.41, 5.74) is 2.21. The van der Waals surface area contributed by atoms with E-state index in [2.05, 4.69) is 9.73 Å². The van der Waals surface area contributed by atoms with E-state index in [1.807, 2.05) is 0 Å². The number of carbonyl (C=O) groups excluding carboxylic acids is 1. The summed E-state index contributed by atoms with van der Waals surface area (Å²) >= 11 is 0. The lowest BCUT2D eigenvalue weighted by atomic mass is 10.1. The summed E-state index contributed by atoms with van der Waals surface area (Å²) in [6.07, 6.45) is -4.54. The molecule has 0 aliphatic heterocycles. The Balaban J connectivity index is 2.74. The zero-order valence-corrected chi connectivity index (χ0v) is 14.0. The maximum atomic E-state index is 13.5. The van der Waals surface area contributed by atoms with Gasteiger partial charge in [0, 0.05) is 17.7 Å². The molecule has 0 heterocycles. The molecule has 0 saturated carbocycles. The average Bonchev–Trinajstić information content (AvgIpc) is 2.60. The number of ether oxygens (including phenoxy) is 1. The van der Waals surface area contributed by atoms with Gasteiger partial charge in [0.25, 0.3) is 5.69 Å². The summed E-state index contributed by atoms with van der Waals surface area (Å²) in [4.78, 5) is 25.8. The first-order valence-corrected chi connectivity index (χ1v) is 7.62. The summed E-state index contributed by atoms with van der Waals surface area (Å²) in [7, 11) is 0. The van der Waals surface area contributed by atoms with E-state index in [1.165, 1.54) is 31.2 Å². The van der Waals surface area contributed by atoms with Crippen LogP contribution in [-0.4, -0.2) is 29.4 Å². The molecule has 2 aromatic rings. The lowest BCUT2D eigenvalue weighted by Crippen LogP contribution is -2.30. The summed E-state index contributed by atoms with van der Waals surface area (Å²) < 4.78 is 45.1. The largest absolute Gasteiger partial charge is 0.462 e. The number of carbonyl (C=O) groups is 1. The number of non-ortho nitro benzene ring substituents is 1. The van der Waals surface area contributed by atoms with Crippen LogP contribution in [0.2, 0.25) is 0 Å². The van der Waals surface area contributed by atoms with E-state index in [0.29, 0.717) is 6.20 Å². The van der Waals surface area contributed by atoms with Crippen molar-refractivity contribution >= 4 is 33.8 Å². The Bertz CT molecular complexity index is 952. The Morgan fingerprint density at radius 1 is 1.26 bits per heavy atom. The van der Waals surface area contributed by atoms with Crippen molar-refractivity contribution in [3.63, 3.8) is 0 Å². The first-order chi connectivity index (χ1) is 12.7. The molecule has 0 spiro atoms. The molecule has 0 aromatic heterocycles. The number of rotatable bonds is 5. The van der Waals surface area contributed by atoms with Crippen LogP contribution in [-0.2, 0) is 9.53 Å². The third-order valence-electron chi connectivity index (χ3n) is 3.49. The second kappa shape index (κ2) is 7.85. The maximum Gasteiger partial charge on any atom is 0.434 e. The summed E-state index contributed by atoms with van der Waals surface area (Å²) in [5.74, 6) is -1.28. The molecule has 7 nitrogen and oxygen atoms in total. The topological polar surface area (TPSA) is 108 Å². The van der Waals surface area contributed by atoms with E-state index in [0.717, 1.165) is 12.1 Å². The minimum absolute atomic E-state index is 0.111. The van der Waals surface area contributed by atoms with Crippen molar-refractivity contribution in [2.75, 3.05) is 6.61 Å². The molecule has 27 heavy (non-hydrogen) atoms. The lowest BCUT2D eigenvalue weighted by molar-refractivity contribution is -0.383. The van der Waals surface area contributed by atoms with Gasteiger partial charge < -0.3 is 10.5 Å². The van der Waals surface area contributed by atoms with Crippen LogP contribution in [0.1, 0.15) is 6.92 Å². The molecule has 0 unspecified atom stereocenters. The van der Waals surface area contributed by atoms with Crippen LogP contribution in [0.3, 0.4) is 0 Å². The normalized spacial score (nSPS) is 12.9. The van der Waals surface area contributed by atoms with E-state index in [9.17, 15) is 28.1 Å². The Morgan fingerprint density at radius 3 is 2.41 bits per heavy atom. The molecule has 0 atom stereocenters. The molecule has 0 amide bonds. The number of nitro groups is 1. The number of nitrogens with two attached hydrogens (primary N) is 1. The Hall–Kier alpha value is -3.43. The predicted octanol–water partition coefficient (Wildman–Crippen LogP) is 3.79. The van der Waals surface area contributed by atoms with E-state index in [-0.39, 0.29) is 28.8 Å². The molecule has 2 rings (SSSR count). The SMILES string of the molecule is CCOC(=O)C(=CN)C(=Nc1ccc([N+](=O)[O-])c2ccccc12)C(F)(F)F. The first kappa shape index (κ1) is 19.9. The number of hydrogen-bond donors (Lipinski definition) is 1. The van der Waals surface area contributed by atoms with Gasteiger partial charge in [-0.3, -0.25) is 10.1 Å². The molecule has 0 aliphatic carbocycles. The highest BCUT2D eigenvalue weighted by molar-refractivity contribution is 6.23. The van der Waals surface area contributed by atoms with E-state index < -0.39 is 28.4 Å². The molecule has 2 aromatic carbocycles. The van der Waals surface area contributed by atoms with Gasteiger partial charge in [-0.1, -0.05) is 18.2 Å². The molecular formula is C17H14F3N3O4. The lowest BCUT2D eigenvalue weighted by Gasteiger charge is -2.13. The number of hydrogen-bond acceptors (Lipinski definition) is 6. The van der Waals surface area contributed by atoms with Gasteiger partial charge in [-0.25, -0.2) is 9.79 Å². The number of benzene rings is 2. The van der Waals surface area contributed by atoms with Crippen LogP contribution in [0.25, 0.3) is 10.8 Å². The van der Waals surface area contributed by atoms with Gasteiger partial charge in [0.15, 0.2) is 5.71 Å². The standard InChI is InChI=1S/C17H14F3N3O4/c1-2-27-16(24)12(9-21)15(17(18,19)20)22-13-7-8-14(23(25)26)11-6-4-3-5-10(11)13/h3-9H,2,21H2,1H3. The molecular weight excluding hydrogens is 367 g/mol. The number of nitro benzene ring substituents is 1. The number of fused-ring (bicyclic) bond motifs is 1. The number of esters is 1. The van der Waals surface area contributed by atoms with Crippen molar-refractivity contribution in [2.24, 2.45) is 10.7 Å². The fraction of sp³-hybridized carbons (Fsp3) is 0.176. The van der Waals surface area contributed by atoms with E-state index in [4.69, 9.17) is 5.73 Å². The van der Waals surface area contributed by atoms with Gasteiger partial charge in [0.05, 0.1) is 22.6 Å². The van der Waals surface area contributed by atoms with Crippen LogP contribution in [0.5, 0.6) is 0 Å². The Kier molecular flexibility index (Phi) is 5.78. The fourth-order valence-corrected chi connectivity index (χ4v) is 2.37. The van der Waals surface area contributed by atoms with Crippen LogP contribution in [0, 0.1) is 10.1 Å². The van der Waals surface area contributed by atoms with Crippen LogP contribution < -0.4 is 5.73 Å². The van der Waals surface area contributed by atoms with Gasteiger partial charge in [0.2, 0.25) is 0 Å². The van der Waals surface area contributed by atoms with Crippen molar-refractivity contribution in [2.45, 2.75) is 13.1 Å². The third kappa shape index (κ3) is 4.22. The Morgan fingerprint density at radius 2 is 1.89 bits per heavy atom. The highest BCUT2D eigenvalue weighted by Crippen LogP contribution is 2.35. The molecule has 2 N–H and O–H groups in total. The maximum absolute atomic E-state index is 13.5. The fourth-order valence-electron chi connectivity index (χ4n) is 2.37. The minimum atomic E-state index is -5.01. The second-order valence-corrected chi connectivity index (χ2v) is 5.17. The van der Waals surface area contributed by atoms with Crippen molar-refractivity contribution in [3.8, 4) is 0 Å². The molecule has 0 fully saturated rings. The number of aliphatic imine (C=N–C) groups is 1. The van der Waals surface area contributed by atoms with E-state index in [1.54, 1.807) is 0 Å². The molecule has 10 heteroatoms. The Labute approximate surface area is 151 Å². The molecule has 142 valence electrons. The monoisotopic (exact) mass is 381 g/mol. The van der Waals surface area contributed by atoms with Gasteiger partial charge >= 0.3 is 12.1 Å². The van der Waals surface area contributed by atoms with Gasteiger partial charge in [-0.05, 0) is 19.1 Å². The van der Waals surface area contributed by atoms with Gasteiger partial charge in [-0.2, -0.15) is 13.2 Å². The minimum Gasteiger partial charge on any atom is -0.462 e. The predicted molar refractivity (Wildman–Crippen MR) is 92.7 cm³/mol. The van der Waals surface area contributed by atoms with Crippen LogP contribution in [0.15, 0.2) is 53.2 Å². The smallest absolute Gasteiger partial charge is 0.434 e. The van der Waals surface area contributed by atoms with E-state index >= 15 is 0 Å². The zero-order chi connectivity index (χ0) is 20.2. The van der Waals surface area contributed by atoms with Gasteiger partial charge in [0.1, 0.15) is 5.57 Å². The molecule has 0 bridgehead atoms. The number of nitrogens with zero attached hydrogens (tertiary/aromatic N) is 2. The molecule has 0 saturated heterocycles. The van der Waals surface area contributed by atoms with Gasteiger partial charge in [-0.15, -0.1) is 0 Å². The second-order valence-electron chi connectivity index (χ2n) is 5.17. The quantitative estimate of drug-likeness (QED) is 0.279. The summed E-state index contributed by atoms with van der Waals surface area (Å²) in [5, 5.41) is 11.4. The van der Waals surface area contributed by atoms with Crippen LogP contribution >= 0.6 is 0 Å². The highest BCUT2D eigenvalue weighted by Gasteiger charge is 2.41. The number of halogens is 3. The zero-order valence-electron chi connectivity index (χ0n) is 14.0. The average molecular weight is 381 g/mol. The van der Waals surface area contributed by atoms with Crippen molar-refractivity contribution in [1.82, 2.24) is 0 Å². The molecule has 0 aliphatic rings. The summed E-state index contributed by atoms with van der Waals surface area (Å²) in [6, 6.07) is 7.92. The summed E-state index contributed by atoms with van der Waals surface area (Å²) in [6.45, 7) is 1.28. The highest BCUT2D eigenvalue weighted by atomic mass is 19.4.